The number of anilines is 5. The fraction of sp³-hybridized carbons (Fsp3) is 0.333. The maximum absolute atomic E-state index is 13.0. The lowest BCUT2D eigenvalue weighted by molar-refractivity contribution is -0.138. The number of likely N-dealkylation sites (N-methyl/N-ethyl adjacent to an activating group) is 1. The highest BCUT2D eigenvalue weighted by molar-refractivity contribution is 5.64. The third-order valence-electron chi connectivity index (χ3n) is 5.76. The first kappa shape index (κ1) is 22.8. The van der Waals surface area contributed by atoms with E-state index >= 15 is 0 Å². The second-order valence-electron chi connectivity index (χ2n) is 8.34. The van der Waals surface area contributed by atoms with Crippen LogP contribution in [0.2, 0.25) is 0 Å². The summed E-state index contributed by atoms with van der Waals surface area (Å²) >= 11 is 0. The number of aryl methyl sites for hydroxylation is 2. The van der Waals surface area contributed by atoms with Gasteiger partial charge in [0.1, 0.15) is 5.82 Å². The molecule has 1 aliphatic rings. The van der Waals surface area contributed by atoms with Crippen molar-refractivity contribution in [1.29, 1.82) is 0 Å². The quantitative estimate of drug-likeness (QED) is 0.540. The molecule has 1 aromatic heterocycles. The first-order valence-electron chi connectivity index (χ1n) is 10.8. The molecule has 0 unspecified atom stereocenters. The number of halogens is 3. The molecule has 2 aromatic carbocycles. The van der Waals surface area contributed by atoms with Crippen molar-refractivity contribution in [3.05, 3.63) is 65.4 Å². The van der Waals surface area contributed by atoms with Crippen molar-refractivity contribution in [2.24, 2.45) is 0 Å². The number of hydrogen-bond donors (Lipinski definition) is 2. The number of rotatable bonds is 5. The van der Waals surface area contributed by atoms with E-state index in [4.69, 9.17) is 0 Å². The summed E-state index contributed by atoms with van der Waals surface area (Å²) in [5.41, 5.74) is 2.85. The standard InChI is InChI=1S/C24H27F3N6/c1-16-14-19(6-9-21(16)24(25,26)27)29-22-17(2)15-28-23(31-22)30-18-4-7-20(8-5-18)33-12-10-32(3)11-13-33/h4-9,14-15H,10-13H2,1-3H3,(H2,28,29,30,31). The predicted molar refractivity (Wildman–Crippen MR) is 126 cm³/mol. The summed E-state index contributed by atoms with van der Waals surface area (Å²) in [4.78, 5) is 13.5. The van der Waals surface area contributed by atoms with Gasteiger partial charge in [-0.25, -0.2) is 4.98 Å². The van der Waals surface area contributed by atoms with Gasteiger partial charge in [0.15, 0.2) is 0 Å². The molecule has 1 aliphatic heterocycles. The lowest BCUT2D eigenvalue weighted by Gasteiger charge is -2.34. The van der Waals surface area contributed by atoms with Crippen molar-refractivity contribution in [2.45, 2.75) is 20.0 Å². The van der Waals surface area contributed by atoms with Crippen molar-refractivity contribution < 1.29 is 13.2 Å². The molecule has 2 heterocycles. The summed E-state index contributed by atoms with van der Waals surface area (Å²) in [5, 5.41) is 6.30. The third kappa shape index (κ3) is 5.54. The number of aromatic nitrogens is 2. The van der Waals surface area contributed by atoms with Gasteiger partial charge in [-0.2, -0.15) is 18.2 Å². The molecule has 0 bridgehead atoms. The first-order valence-corrected chi connectivity index (χ1v) is 10.8. The zero-order valence-corrected chi connectivity index (χ0v) is 18.9. The fourth-order valence-corrected chi connectivity index (χ4v) is 3.77. The van der Waals surface area contributed by atoms with E-state index in [9.17, 15) is 13.2 Å². The minimum Gasteiger partial charge on any atom is -0.369 e. The van der Waals surface area contributed by atoms with Gasteiger partial charge in [0.2, 0.25) is 5.95 Å². The second kappa shape index (κ2) is 9.27. The van der Waals surface area contributed by atoms with Gasteiger partial charge in [-0.15, -0.1) is 0 Å². The maximum atomic E-state index is 13.0. The molecule has 0 amide bonds. The van der Waals surface area contributed by atoms with Crippen LogP contribution in [0, 0.1) is 13.8 Å². The summed E-state index contributed by atoms with van der Waals surface area (Å²) in [6.07, 6.45) is -2.70. The average molecular weight is 457 g/mol. The van der Waals surface area contributed by atoms with Crippen molar-refractivity contribution >= 4 is 28.8 Å². The summed E-state index contributed by atoms with van der Waals surface area (Å²) in [6, 6.07) is 12.1. The van der Waals surface area contributed by atoms with Crippen LogP contribution in [-0.2, 0) is 6.18 Å². The zero-order valence-electron chi connectivity index (χ0n) is 18.9. The molecule has 4 rings (SSSR count). The lowest BCUT2D eigenvalue weighted by Crippen LogP contribution is -2.44. The fourth-order valence-electron chi connectivity index (χ4n) is 3.77. The largest absolute Gasteiger partial charge is 0.416 e. The number of benzene rings is 2. The molecule has 9 heteroatoms. The molecular weight excluding hydrogens is 429 g/mol. The monoisotopic (exact) mass is 456 g/mol. The van der Waals surface area contributed by atoms with E-state index in [1.54, 1.807) is 6.20 Å². The molecule has 3 aromatic rings. The minimum absolute atomic E-state index is 0.151. The highest BCUT2D eigenvalue weighted by atomic mass is 19.4. The Bertz CT molecular complexity index is 1110. The normalized spacial score (nSPS) is 14.9. The summed E-state index contributed by atoms with van der Waals surface area (Å²) in [7, 11) is 2.13. The van der Waals surface area contributed by atoms with Crippen LogP contribution in [0.1, 0.15) is 16.7 Å². The molecule has 0 saturated carbocycles. The van der Waals surface area contributed by atoms with Crippen LogP contribution in [0.25, 0.3) is 0 Å². The van der Waals surface area contributed by atoms with E-state index < -0.39 is 11.7 Å². The molecule has 6 nitrogen and oxygen atoms in total. The van der Waals surface area contributed by atoms with Crippen molar-refractivity contribution in [3.63, 3.8) is 0 Å². The van der Waals surface area contributed by atoms with Crippen LogP contribution in [0.15, 0.2) is 48.7 Å². The molecule has 174 valence electrons. The van der Waals surface area contributed by atoms with Crippen LogP contribution in [-0.4, -0.2) is 48.1 Å². The van der Waals surface area contributed by atoms with Crippen LogP contribution >= 0.6 is 0 Å². The highest BCUT2D eigenvalue weighted by Crippen LogP contribution is 2.33. The Balaban J connectivity index is 1.46. The van der Waals surface area contributed by atoms with E-state index in [1.807, 2.05) is 19.1 Å². The summed E-state index contributed by atoms with van der Waals surface area (Å²) in [5.74, 6) is 0.930. The van der Waals surface area contributed by atoms with E-state index in [1.165, 1.54) is 24.7 Å². The number of alkyl halides is 3. The van der Waals surface area contributed by atoms with Crippen LogP contribution in [0.3, 0.4) is 0 Å². The van der Waals surface area contributed by atoms with Crippen LogP contribution < -0.4 is 15.5 Å². The average Bonchev–Trinajstić information content (AvgIpc) is 2.76. The van der Waals surface area contributed by atoms with Crippen molar-refractivity contribution in [1.82, 2.24) is 14.9 Å². The Hall–Kier alpha value is -3.33. The maximum Gasteiger partial charge on any atom is 0.416 e. The predicted octanol–water partition coefficient (Wildman–Crippen LogP) is 5.35. The van der Waals surface area contributed by atoms with Gasteiger partial charge in [-0.05, 0) is 68.9 Å². The Morgan fingerprint density at radius 1 is 0.848 bits per heavy atom. The van der Waals surface area contributed by atoms with Gasteiger partial charge < -0.3 is 20.4 Å². The Morgan fingerprint density at radius 2 is 1.52 bits per heavy atom. The van der Waals surface area contributed by atoms with Crippen LogP contribution in [0.5, 0.6) is 0 Å². The molecule has 2 N–H and O–H groups in total. The number of nitrogens with zero attached hydrogens (tertiary/aromatic N) is 4. The van der Waals surface area contributed by atoms with Gasteiger partial charge >= 0.3 is 6.18 Å². The Morgan fingerprint density at radius 3 is 2.15 bits per heavy atom. The number of piperazine rings is 1. The SMILES string of the molecule is Cc1cc(Nc2nc(Nc3ccc(N4CCN(C)CC4)cc3)ncc2C)ccc1C(F)(F)F. The highest BCUT2D eigenvalue weighted by Gasteiger charge is 2.32. The van der Waals surface area contributed by atoms with Crippen molar-refractivity contribution in [3.8, 4) is 0 Å². The van der Waals surface area contributed by atoms with E-state index in [0.29, 0.717) is 17.5 Å². The summed E-state index contributed by atoms with van der Waals surface area (Å²) in [6.45, 7) is 7.38. The van der Waals surface area contributed by atoms with Crippen molar-refractivity contribution in [2.75, 3.05) is 48.8 Å². The molecule has 0 radical (unpaired) electrons. The molecule has 33 heavy (non-hydrogen) atoms. The number of hydrogen-bond acceptors (Lipinski definition) is 6. The smallest absolute Gasteiger partial charge is 0.369 e. The third-order valence-corrected chi connectivity index (χ3v) is 5.76. The molecular formula is C24H27F3N6. The van der Waals surface area contributed by atoms with Gasteiger partial charge in [0.05, 0.1) is 5.56 Å². The Labute approximate surface area is 191 Å². The molecule has 0 aliphatic carbocycles. The van der Waals surface area contributed by atoms with E-state index in [0.717, 1.165) is 43.5 Å². The second-order valence-corrected chi connectivity index (χ2v) is 8.34. The Kier molecular flexibility index (Phi) is 6.42. The molecule has 0 atom stereocenters. The minimum atomic E-state index is -4.37. The lowest BCUT2D eigenvalue weighted by atomic mass is 10.1. The first-order chi connectivity index (χ1) is 15.7. The van der Waals surface area contributed by atoms with E-state index in [-0.39, 0.29) is 5.56 Å². The summed E-state index contributed by atoms with van der Waals surface area (Å²) < 4.78 is 39.1. The molecule has 0 spiro atoms. The van der Waals surface area contributed by atoms with Crippen LogP contribution in [0.4, 0.5) is 42.0 Å². The zero-order chi connectivity index (χ0) is 23.6. The van der Waals surface area contributed by atoms with Gasteiger partial charge in [-0.3, -0.25) is 0 Å². The van der Waals surface area contributed by atoms with Gasteiger partial charge in [0, 0.05) is 55.0 Å². The molecule has 1 saturated heterocycles. The topological polar surface area (TPSA) is 56.3 Å². The number of nitrogens with one attached hydrogen (secondary N) is 2. The van der Waals surface area contributed by atoms with Gasteiger partial charge in [-0.1, -0.05) is 0 Å². The molecule has 1 fully saturated rings. The van der Waals surface area contributed by atoms with E-state index in [2.05, 4.69) is 49.6 Å². The van der Waals surface area contributed by atoms with Gasteiger partial charge in [0.25, 0.3) is 0 Å².